The Morgan fingerprint density at radius 3 is 2.85 bits per heavy atom. The van der Waals surface area contributed by atoms with Gasteiger partial charge in [0.2, 0.25) is 5.91 Å². The molecule has 0 saturated carbocycles. The highest BCUT2D eigenvalue weighted by molar-refractivity contribution is 5.95. The highest BCUT2D eigenvalue weighted by atomic mass is 35.5. The average Bonchev–Trinajstić information content (AvgIpc) is 2.48. The number of aromatic nitrogens is 1. The predicted molar refractivity (Wildman–Crippen MR) is 83.2 cm³/mol. The third kappa shape index (κ3) is 3.26. The molecule has 2 heterocycles. The molecule has 0 bridgehead atoms. The lowest BCUT2D eigenvalue weighted by Gasteiger charge is -2.21. The van der Waals surface area contributed by atoms with Gasteiger partial charge in [-0.1, -0.05) is 6.07 Å². The van der Waals surface area contributed by atoms with Gasteiger partial charge in [0.05, 0.1) is 5.52 Å². The Kier molecular flexibility index (Phi) is 4.93. The lowest BCUT2D eigenvalue weighted by molar-refractivity contribution is -0.120. The molecule has 0 aliphatic carbocycles. The first-order chi connectivity index (χ1) is 9.33. The highest BCUT2D eigenvalue weighted by Gasteiger charge is 2.20. The molecule has 1 aromatic heterocycles. The number of anilines is 1. The Bertz CT molecular complexity index is 596. The van der Waals surface area contributed by atoms with E-state index in [0.29, 0.717) is 0 Å². The molecule has 0 atom stereocenters. The molecule has 106 valence electrons. The van der Waals surface area contributed by atoms with Crippen LogP contribution in [0.1, 0.15) is 12.8 Å². The Balaban J connectivity index is 0.00000147. The van der Waals surface area contributed by atoms with Crippen molar-refractivity contribution in [1.82, 2.24) is 10.3 Å². The minimum absolute atomic E-state index is 0. The molecule has 0 radical (unpaired) electrons. The summed E-state index contributed by atoms with van der Waals surface area (Å²) < 4.78 is 0. The number of benzene rings is 1. The van der Waals surface area contributed by atoms with Crippen LogP contribution in [0.4, 0.5) is 5.69 Å². The van der Waals surface area contributed by atoms with Crippen molar-refractivity contribution in [3.8, 4) is 0 Å². The van der Waals surface area contributed by atoms with E-state index in [1.165, 1.54) is 0 Å². The van der Waals surface area contributed by atoms with Crippen molar-refractivity contribution in [1.29, 1.82) is 0 Å². The third-order valence-electron chi connectivity index (χ3n) is 3.58. The second-order valence-corrected chi connectivity index (χ2v) is 4.92. The lowest BCUT2D eigenvalue weighted by Crippen LogP contribution is -2.34. The van der Waals surface area contributed by atoms with Gasteiger partial charge in [-0.15, -0.1) is 12.4 Å². The topological polar surface area (TPSA) is 54.0 Å². The van der Waals surface area contributed by atoms with Crippen LogP contribution in [-0.2, 0) is 4.79 Å². The summed E-state index contributed by atoms with van der Waals surface area (Å²) in [5, 5.41) is 7.33. The van der Waals surface area contributed by atoms with E-state index in [-0.39, 0.29) is 24.2 Å². The molecule has 1 amide bonds. The molecule has 0 unspecified atom stereocenters. The summed E-state index contributed by atoms with van der Waals surface area (Å²) in [6.45, 7) is 1.86. The smallest absolute Gasteiger partial charge is 0.227 e. The van der Waals surface area contributed by atoms with Crippen LogP contribution in [0.25, 0.3) is 10.9 Å². The largest absolute Gasteiger partial charge is 0.326 e. The lowest BCUT2D eigenvalue weighted by atomic mass is 9.97. The van der Waals surface area contributed by atoms with Crippen molar-refractivity contribution in [3.63, 3.8) is 0 Å². The van der Waals surface area contributed by atoms with E-state index < -0.39 is 0 Å². The molecule has 1 fully saturated rings. The maximum Gasteiger partial charge on any atom is 0.227 e. The zero-order chi connectivity index (χ0) is 13.1. The number of fused-ring (bicyclic) bond motifs is 1. The number of rotatable bonds is 2. The maximum atomic E-state index is 12.1. The number of piperidine rings is 1. The molecule has 3 rings (SSSR count). The molecule has 5 heteroatoms. The van der Waals surface area contributed by atoms with Crippen molar-refractivity contribution < 1.29 is 4.79 Å². The number of nitrogens with one attached hydrogen (secondary N) is 2. The summed E-state index contributed by atoms with van der Waals surface area (Å²) in [4.78, 5) is 16.4. The van der Waals surface area contributed by atoms with Gasteiger partial charge in [-0.2, -0.15) is 0 Å². The molecule has 2 aromatic rings. The number of nitrogens with zero attached hydrogens (tertiary/aromatic N) is 1. The van der Waals surface area contributed by atoms with Crippen LogP contribution >= 0.6 is 12.4 Å². The van der Waals surface area contributed by atoms with Crippen LogP contribution in [0, 0.1) is 5.92 Å². The van der Waals surface area contributed by atoms with Crippen molar-refractivity contribution in [3.05, 3.63) is 36.5 Å². The van der Waals surface area contributed by atoms with Gasteiger partial charge in [-0.25, -0.2) is 0 Å². The number of halogens is 1. The number of hydrogen-bond donors (Lipinski definition) is 2. The van der Waals surface area contributed by atoms with Crippen LogP contribution in [0.15, 0.2) is 36.5 Å². The van der Waals surface area contributed by atoms with E-state index in [2.05, 4.69) is 15.6 Å². The Labute approximate surface area is 124 Å². The minimum atomic E-state index is 0. The Hall–Kier alpha value is -1.65. The first kappa shape index (κ1) is 14.8. The molecule has 1 saturated heterocycles. The first-order valence-electron chi connectivity index (χ1n) is 6.69. The summed E-state index contributed by atoms with van der Waals surface area (Å²) in [6.07, 6.45) is 3.61. The van der Waals surface area contributed by atoms with E-state index in [9.17, 15) is 4.79 Å². The van der Waals surface area contributed by atoms with E-state index in [1.807, 2.05) is 30.3 Å². The van der Waals surface area contributed by atoms with Gasteiger partial charge in [0, 0.05) is 23.2 Å². The quantitative estimate of drug-likeness (QED) is 0.894. The fourth-order valence-corrected chi connectivity index (χ4v) is 2.48. The zero-order valence-electron chi connectivity index (χ0n) is 11.1. The van der Waals surface area contributed by atoms with Gasteiger partial charge >= 0.3 is 0 Å². The van der Waals surface area contributed by atoms with Crippen LogP contribution in [0.3, 0.4) is 0 Å². The minimum Gasteiger partial charge on any atom is -0.326 e. The van der Waals surface area contributed by atoms with Gasteiger partial charge in [-0.3, -0.25) is 9.78 Å². The van der Waals surface area contributed by atoms with Gasteiger partial charge in [0.1, 0.15) is 0 Å². The van der Waals surface area contributed by atoms with Crippen molar-refractivity contribution in [2.75, 3.05) is 18.4 Å². The molecule has 1 aliphatic rings. The summed E-state index contributed by atoms with van der Waals surface area (Å²) in [5.74, 6) is 0.260. The summed E-state index contributed by atoms with van der Waals surface area (Å²) in [7, 11) is 0. The zero-order valence-corrected chi connectivity index (χ0v) is 12.0. The molecule has 1 aliphatic heterocycles. The second-order valence-electron chi connectivity index (χ2n) is 4.92. The fraction of sp³-hybridized carbons (Fsp3) is 0.333. The molecule has 0 spiro atoms. The van der Waals surface area contributed by atoms with Crippen molar-refractivity contribution in [2.24, 2.45) is 5.92 Å². The van der Waals surface area contributed by atoms with E-state index >= 15 is 0 Å². The Morgan fingerprint density at radius 1 is 1.25 bits per heavy atom. The molecule has 4 nitrogen and oxygen atoms in total. The predicted octanol–water partition coefficient (Wildman–Crippen LogP) is 2.59. The average molecular weight is 292 g/mol. The highest BCUT2D eigenvalue weighted by Crippen LogP contribution is 2.19. The van der Waals surface area contributed by atoms with Crippen LogP contribution in [0.2, 0.25) is 0 Å². The van der Waals surface area contributed by atoms with Crippen LogP contribution in [0.5, 0.6) is 0 Å². The van der Waals surface area contributed by atoms with Crippen LogP contribution < -0.4 is 10.6 Å². The number of carbonyl (C=O) groups is 1. The Morgan fingerprint density at radius 2 is 2.05 bits per heavy atom. The van der Waals surface area contributed by atoms with E-state index in [1.54, 1.807) is 6.20 Å². The molecular weight excluding hydrogens is 274 g/mol. The third-order valence-corrected chi connectivity index (χ3v) is 3.58. The van der Waals surface area contributed by atoms with Crippen molar-refractivity contribution in [2.45, 2.75) is 12.8 Å². The standard InChI is InChI=1S/C15H17N3O.ClH/c19-15(11-5-8-16-9-6-11)18-13-3-4-14-12(10-13)2-1-7-17-14;/h1-4,7,10-11,16H,5-6,8-9H2,(H,18,19);1H. The SMILES string of the molecule is Cl.O=C(Nc1ccc2ncccc2c1)C1CCNCC1. The number of hydrogen-bond acceptors (Lipinski definition) is 3. The molecule has 2 N–H and O–H groups in total. The molecular formula is C15H18ClN3O. The number of carbonyl (C=O) groups excluding carboxylic acids is 1. The van der Waals surface area contributed by atoms with Crippen molar-refractivity contribution >= 4 is 34.9 Å². The van der Waals surface area contributed by atoms with Gasteiger partial charge < -0.3 is 10.6 Å². The molecule has 20 heavy (non-hydrogen) atoms. The first-order valence-corrected chi connectivity index (χ1v) is 6.69. The van der Waals surface area contributed by atoms with E-state index in [0.717, 1.165) is 42.5 Å². The normalized spacial score (nSPS) is 15.6. The second kappa shape index (κ2) is 6.68. The van der Waals surface area contributed by atoms with Gasteiger partial charge in [-0.05, 0) is 50.2 Å². The summed E-state index contributed by atoms with van der Waals surface area (Å²) in [6, 6.07) is 9.73. The van der Waals surface area contributed by atoms with Gasteiger partial charge in [0.15, 0.2) is 0 Å². The number of amides is 1. The fourth-order valence-electron chi connectivity index (χ4n) is 2.48. The number of pyridine rings is 1. The molecule has 1 aromatic carbocycles. The monoisotopic (exact) mass is 291 g/mol. The van der Waals surface area contributed by atoms with Crippen LogP contribution in [-0.4, -0.2) is 24.0 Å². The summed E-state index contributed by atoms with van der Waals surface area (Å²) >= 11 is 0. The van der Waals surface area contributed by atoms with E-state index in [4.69, 9.17) is 0 Å². The van der Waals surface area contributed by atoms with Gasteiger partial charge in [0.25, 0.3) is 0 Å². The summed E-state index contributed by atoms with van der Waals surface area (Å²) in [5.41, 5.74) is 1.80. The maximum absolute atomic E-state index is 12.1.